The highest BCUT2D eigenvalue weighted by atomic mass is 16.5. The summed E-state index contributed by atoms with van der Waals surface area (Å²) in [5, 5.41) is 15.4. The van der Waals surface area contributed by atoms with Crippen LogP contribution in [0.4, 0.5) is 0 Å². The van der Waals surface area contributed by atoms with Crippen molar-refractivity contribution < 1.29 is 14.6 Å². The Bertz CT molecular complexity index is 1280. The molecular weight excluding hydrogens is 418 g/mol. The molecule has 0 spiro atoms. The van der Waals surface area contributed by atoms with E-state index < -0.39 is 5.97 Å². The molecule has 8 nitrogen and oxygen atoms in total. The monoisotopic (exact) mass is 445 g/mol. The number of aromatic carboxylic acids is 1. The van der Waals surface area contributed by atoms with Gasteiger partial charge in [-0.3, -0.25) is 4.90 Å². The van der Waals surface area contributed by atoms with Gasteiger partial charge in [0.05, 0.1) is 18.7 Å². The molecule has 4 aromatic rings. The number of aryl methyl sites for hydroxylation is 1. The van der Waals surface area contributed by atoms with Gasteiger partial charge < -0.3 is 14.8 Å². The Labute approximate surface area is 191 Å². The third-order valence-corrected chi connectivity index (χ3v) is 6.74. The second kappa shape index (κ2) is 8.71. The Morgan fingerprint density at radius 3 is 2.91 bits per heavy atom. The lowest BCUT2D eigenvalue weighted by atomic mass is 9.88. The molecule has 8 heteroatoms. The maximum Gasteiger partial charge on any atom is 0.336 e. The van der Waals surface area contributed by atoms with Crippen LogP contribution in [0.2, 0.25) is 0 Å². The topological polar surface area (TPSA) is 96.3 Å². The van der Waals surface area contributed by atoms with Gasteiger partial charge in [0.1, 0.15) is 18.4 Å². The third-order valence-electron chi connectivity index (χ3n) is 6.74. The van der Waals surface area contributed by atoms with Gasteiger partial charge in [0.2, 0.25) is 0 Å². The van der Waals surface area contributed by atoms with Crippen LogP contribution < -0.4 is 4.74 Å². The number of aromatic nitrogens is 4. The van der Waals surface area contributed by atoms with E-state index in [-0.39, 0.29) is 12.1 Å². The first-order chi connectivity index (χ1) is 16.1. The van der Waals surface area contributed by atoms with Gasteiger partial charge >= 0.3 is 5.97 Å². The van der Waals surface area contributed by atoms with E-state index in [1.54, 1.807) is 31.9 Å². The SMILES string of the molecule is COc1cc(C)c2[nH]ccc2c1CN1CC[C@@H](n2cncn2)C[C@H]1c1ccccc1C(=O)O. The molecule has 1 aliphatic rings. The van der Waals surface area contributed by atoms with E-state index in [0.29, 0.717) is 12.1 Å². The second-order valence-electron chi connectivity index (χ2n) is 8.57. The van der Waals surface area contributed by atoms with E-state index in [2.05, 4.69) is 39.0 Å². The van der Waals surface area contributed by atoms with E-state index in [1.807, 2.05) is 23.0 Å². The summed E-state index contributed by atoms with van der Waals surface area (Å²) < 4.78 is 7.66. The minimum absolute atomic E-state index is 0.0831. The fourth-order valence-corrected chi connectivity index (χ4v) is 5.12. The molecule has 2 aromatic heterocycles. The average Bonchev–Trinajstić information content (AvgIpc) is 3.54. The number of nitrogens with zero attached hydrogens (tertiary/aromatic N) is 4. The van der Waals surface area contributed by atoms with Crippen LogP contribution in [0.1, 0.15) is 52.0 Å². The Balaban J connectivity index is 1.57. The molecule has 0 saturated carbocycles. The molecule has 2 N–H and O–H groups in total. The van der Waals surface area contributed by atoms with E-state index in [4.69, 9.17) is 4.74 Å². The molecule has 1 saturated heterocycles. The van der Waals surface area contributed by atoms with Crippen molar-refractivity contribution in [3.63, 3.8) is 0 Å². The van der Waals surface area contributed by atoms with Crippen LogP contribution in [0.5, 0.6) is 5.75 Å². The molecule has 5 rings (SSSR count). The van der Waals surface area contributed by atoms with Crippen molar-refractivity contribution in [1.82, 2.24) is 24.6 Å². The summed E-state index contributed by atoms with van der Waals surface area (Å²) in [7, 11) is 1.70. The summed E-state index contributed by atoms with van der Waals surface area (Å²) in [6, 6.07) is 11.5. The number of benzene rings is 2. The predicted octanol–water partition coefficient (Wildman–Crippen LogP) is 4.35. The van der Waals surface area contributed by atoms with Gasteiger partial charge in [-0.1, -0.05) is 18.2 Å². The van der Waals surface area contributed by atoms with Crippen LogP contribution >= 0.6 is 0 Å². The predicted molar refractivity (Wildman–Crippen MR) is 124 cm³/mol. The number of methoxy groups -OCH3 is 1. The van der Waals surface area contributed by atoms with Gasteiger partial charge in [-0.2, -0.15) is 5.10 Å². The number of carbonyl (C=O) groups is 1. The van der Waals surface area contributed by atoms with Crippen LogP contribution in [0.25, 0.3) is 10.9 Å². The van der Waals surface area contributed by atoms with Crippen LogP contribution in [-0.2, 0) is 6.54 Å². The smallest absolute Gasteiger partial charge is 0.336 e. The lowest BCUT2D eigenvalue weighted by molar-refractivity contribution is 0.0682. The van der Waals surface area contributed by atoms with Gasteiger partial charge in [-0.15, -0.1) is 0 Å². The zero-order valence-corrected chi connectivity index (χ0v) is 18.7. The zero-order chi connectivity index (χ0) is 22.9. The summed E-state index contributed by atoms with van der Waals surface area (Å²) in [5.41, 5.74) is 4.51. The van der Waals surface area contributed by atoms with E-state index in [1.165, 1.54) is 0 Å². The van der Waals surface area contributed by atoms with Gasteiger partial charge in [0.25, 0.3) is 0 Å². The number of carboxylic acids is 1. The van der Waals surface area contributed by atoms with E-state index >= 15 is 0 Å². The minimum atomic E-state index is -0.908. The molecule has 0 aliphatic carbocycles. The maximum atomic E-state index is 12.0. The average molecular weight is 446 g/mol. The number of fused-ring (bicyclic) bond motifs is 1. The molecule has 2 aromatic carbocycles. The van der Waals surface area contributed by atoms with Gasteiger partial charge in [0.15, 0.2) is 0 Å². The van der Waals surface area contributed by atoms with Crippen molar-refractivity contribution in [2.75, 3.05) is 13.7 Å². The fraction of sp³-hybridized carbons (Fsp3) is 0.320. The van der Waals surface area contributed by atoms with Gasteiger partial charge in [-0.25, -0.2) is 14.5 Å². The highest BCUT2D eigenvalue weighted by molar-refractivity contribution is 5.90. The van der Waals surface area contributed by atoms with Crippen molar-refractivity contribution in [3.05, 3.63) is 77.5 Å². The number of nitrogens with one attached hydrogen (secondary N) is 1. The molecule has 0 radical (unpaired) electrons. The van der Waals surface area contributed by atoms with Crippen molar-refractivity contribution in [2.24, 2.45) is 0 Å². The van der Waals surface area contributed by atoms with E-state index in [9.17, 15) is 9.90 Å². The minimum Gasteiger partial charge on any atom is -0.496 e. The number of piperidine rings is 1. The molecule has 1 aliphatic heterocycles. The molecule has 3 heterocycles. The number of hydrogen-bond acceptors (Lipinski definition) is 5. The number of likely N-dealkylation sites (tertiary alicyclic amines) is 1. The summed E-state index contributed by atoms with van der Waals surface area (Å²) in [6.07, 6.45) is 6.89. The summed E-state index contributed by atoms with van der Waals surface area (Å²) in [5.74, 6) is -0.0577. The highest BCUT2D eigenvalue weighted by Gasteiger charge is 2.34. The van der Waals surface area contributed by atoms with Gasteiger partial charge in [-0.05, 0) is 49.1 Å². The van der Waals surface area contributed by atoms with Crippen LogP contribution in [0, 0.1) is 6.92 Å². The van der Waals surface area contributed by atoms with E-state index in [0.717, 1.165) is 52.7 Å². The number of hydrogen-bond donors (Lipinski definition) is 2. The largest absolute Gasteiger partial charge is 0.496 e. The molecule has 1 fully saturated rings. The number of H-pyrrole nitrogens is 1. The number of rotatable bonds is 6. The Morgan fingerprint density at radius 2 is 2.15 bits per heavy atom. The summed E-state index contributed by atoms with van der Waals surface area (Å²) in [6.45, 7) is 3.52. The molecule has 0 amide bonds. The molecule has 33 heavy (non-hydrogen) atoms. The Morgan fingerprint density at radius 1 is 1.30 bits per heavy atom. The zero-order valence-electron chi connectivity index (χ0n) is 18.7. The Kier molecular flexibility index (Phi) is 5.60. The first kappa shape index (κ1) is 21.2. The lowest BCUT2D eigenvalue weighted by Gasteiger charge is -2.40. The van der Waals surface area contributed by atoms with Crippen molar-refractivity contribution in [3.8, 4) is 5.75 Å². The molecule has 2 atom stereocenters. The quantitative estimate of drug-likeness (QED) is 0.458. The Hall–Kier alpha value is -3.65. The standard InChI is InChI=1S/C25H27N5O3/c1-16-11-23(33-2)21(19-7-9-27-24(16)19)13-29-10-8-17(30-15-26-14-28-30)12-22(29)18-5-3-4-6-20(18)25(31)32/h3-7,9,11,14-15,17,22,27H,8,10,12-13H2,1-2H3,(H,31,32)/t17-,22+/m1/s1. The first-order valence-electron chi connectivity index (χ1n) is 11.1. The molecule has 0 bridgehead atoms. The van der Waals surface area contributed by atoms with Crippen LogP contribution in [0.3, 0.4) is 0 Å². The second-order valence-corrected chi connectivity index (χ2v) is 8.57. The number of ether oxygens (including phenoxy) is 1. The maximum absolute atomic E-state index is 12.0. The molecular formula is C25H27N5O3. The van der Waals surface area contributed by atoms with Crippen LogP contribution in [0.15, 0.2) is 55.2 Å². The summed E-state index contributed by atoms with van der Waals surface area (Å²) in [4.78, 5) is 21.9. The van der Waals surface area contributed by atoms with Crippen molar-refractivity contribution in [1.29, 1.82) is 0 Å². The van der Waals surface area contributed by atoms with Gasteiger partial charge in [0, 0.05) is 41.8 Å². The number of carboxylic acid groups (broad SMARTS) is 1. The first-order valence-corrected chi connectivity index (χ1v) is 11.1. The normalized spacial score (nSPS) is 19.1. The molecule has 170 valence electrons. The van der Waals surface area contributed by atoms with Crippen LogP contribution in [-0.4, -0.2) is 49.4 Å². The lowest BCUT2D eigenvalue weighted by Crippen LogP contribution is -2.38. The van der Waals surface area contributed by atoms with Crippen molar-refractivity contribution >= 4 is 16.9 Å². The number of aromatic amines is 1. The third kappa shape index (κ3) is 3.87. The van der Waals surface area contributed by atoms with Crippen molar-refractivity contribution in [2.45, 2.75) is 38.4 Å². The molecule has 0 unspecified atom stereocenters. The summed E-state index contributed by atoms with van der Waals surface area (Å²) >= 11 is 0. The fourth-order valence-electron chi connectivity index (χ4n) is 5.12. The highest BCUT2D eigenvalue weighted by Crippen LogP contribution is 2.41.